The maximum atomic E-state index is 10.8. The van der Waals surface area contributed by atoms with Crippen LogP contribution in [0.3, 0.4) is 0 Å². The van der Waals surface area contributed by atoms with Crippen LogP contribution in [0.25, 0.3) is 0 Å². The lowest BCUT2D eigenvalue weighted by molar-refractivity contribution is 0.213. The van der Waals surface area contributed by atoms with Gasteiger partial charge in [0.05, 0.1) is 7.11 Å². The lowest BCUT2D eigenvalue weighted by Gasteiger charge is -2.20. The third-order valence-corrected chi connectivity index (χ3v) is 3.71. The molecular weight excluding hydrogens is 248 g/mol. The summed E-state index contributed by atoms with van der Waals surface area (Å²) in [6.45, 7) is 8.13. The van der Waals surface area contributed by atoms with Crippen LogP contribution in [-0.2, 0) is 0 Å². The van der Waals surface area contributed by atoms with Crippen molar-refractivity contribution >= 4 is 0 Å². The van der Waals surface area contributed by atoms with Gasteiger partial charge in [-0.05, 0) is 56.0 Å². The van der Waals surface area contributed by atoms with E-state index in [1.54, 1.807) is 7.11 Å². The molecule has 0 aliphatic heterocycles. The van der Waals surface area contributed by atoms with E-state index in [1.165, 1.54) is 5.56 Å². The molecule has 2 nitrogen and oxygen atoms in total. The Labute approximate surface area is 121 Å². The predicted molar refractivity (Wildman–Crippen MR) is 82.4 cm³/mol. The van der Waals surface area contributed by atoms with Crippen LogP contribution in [0.1, 0.15) is 39.5 Å². The van der Waals surface area contributed by atoms with E-state index >= 15 is 0 Å². The summed E-state index contributed by atoms with van der Waals surface area (Å²) in [6.07, 6.45) is -0.661. The Morgan fingerprint density at radius 3 is 2.15 bits per heavy atom. The van der Waals surface area contributed by atoms with Gasteiger partial charge in [0.25, 0.3) is 0 Å². The quantitative estimate of drug-likeness (QED) is 0.913. The Bertz CT molecular complexity index is 630. The van der Waals surface area contributed by atoms with Gasteiger partial charge in [-0.2, -0.15) is 0 Å². The van der Waals surface area contributed by atoms with Gasteiger partial charge in [-0.1, -0.05) is 29.8 Å². The van der Waals surface area contributed by atoms with Crippen molar-refractivity contribution in [3.8, 4) is 5.75 Å². The first-order valence-corrected chi connectivity index (χ1v) is 6.84. The van der Waals surface area contributed by atoms with Gasteiger partial charge in [0.2, 0.25) is 0 Å². The van der Waals surface area contributed by atoms with Crippen LogP contribution in [-0.4, -0.2) is 12.2 Å². The molecule has 106 valence electrons. The molecular formula is C18H22O2. The number of hydrogen-bond donors (Lipinski definition) is 1. The van der Waals surface area contributed by atoms with Crippen molar-refractivity contribution in [2.45, 2.75) is 33.8 Å². The van der Waals surface area contributed by atoms with Crippen molar-refractivity contribution in [3.05, 3.63) is 63.7 Å². The normalized spacial score (nSPS) is 12.3. The first-order chi connectivity index (χ1) is 9.43. The van der Waals surface area contributed by atoms with Crippen LogP contribution < -0.4 is 4.74 Å². The van der Waals surface area contributed by atoms with E-state index in [4.69, 9.17) is 4.74 Å². The van der Waals surface area contributed by atoms with Crippen molar-refractivity contribution in [3.63, 3.8) is 0 Å². The molecule has 1 unspecified atom stereocenters. The molecule has 0 aromatic heterocycles. The Morgan fingerprint density at radius 2 is 1.55 bits per heavy atom. The fourth-order valence-electron chi connectivity index (χ4n) is 2.75. The monoisotopic (exact) mass is 270 g/mol. The number of hydrogen-bond acceptors (Lipinski definition) is 2. The molecule has 0 aliphatic carbocycles. The summed E-state index contributed by atoms with van der Waals surface area (Å²) >= 11 is 0. The summed E-state index contributed by atoms with van der Waals surface area (Å²) < 4.78 is 5.45. The topological polar surface area (TPSA) is 29.5 Å². The SMILES string of the molecule is COc1cc(C)cc(C)c1C(O)c1ccc(C)cc1C. The number of benzene rings is 2. The highest BCUT2D eigenvalue weighted by Crippen LogP contribution is 2.35. The van der Waals surface area contributed by atoms with Crippen molar-refractivity contribution in [2.75, 3.05) is 7.11 Å². The third kappa shape index (κ3) is 2.70. The van der Waals surface area contributed by atoms with Crippen molar-refractivity contribution < 1.29 is 9.84 Å². The standard InChI is InChI=1S/C18H22O2/c1-11-6-7-15(13(3)8-11)18(19)17-14(4)9-12(2)10-16(17)20-5/h6-10,18-19H,1-5H3. The van der Waals surface area contributed by atoms with Gasteiger partial charge in [-0.25, -0.2) is 0 Å². The van der Waals surface area contributed by atoms with E-state index in [0.717, 1.165) is 33.6 Å². The predicted octanol–water partition coefficient (Wildman–Crippen LogP) is 4.01. The zero-order chi connectivity index (χ0) is 14.9. The lowest BCUT2D eigenvalue weighted by Crippen LogP contribution is -2.07. The molecule has 0 fully saturated rings. The largest absolute Gasteiger partial charge is 0.496 e. The second-order valence-corrected chi connectivity index (χ2v) is 5.46. The Morgan fingerprint density at radius 1 is 0.900 bits per heavy atom. The zero-order valence-corrected chi connectivity index (χ0v) is 12.8. The molecule has 0 spiro atoms. The van der Waals surface area contributed by atoms with Gasteiger partial charge in [0, 0.05) is 5.56 Å². The van der Waals surface area contributed by atoms with Crippen LogP contribution in [0.5, 0.6) is 5.75 Å². The highest BCUT2D eigenvalue weighted by Gasteiger charge is 2.20. The van der Waals surface area contributed by atoms with E-state index in [9.17, 15) is 5.11 Å². The molecule has 20 heavy (non-hydrogen) atoms. The summed E-state index contributed by atoms with van der Waals surface area (Å²) in [4.78, 5) is 0. The average molecular weight is 270 g/mol. The lowest BCUT2D eigenvalue weighted by atomic mass is 9.92. The molecule has 0 amide bonds. The van der Waals surface area contributed by atoms with E-state index in [1.807, 2.05) is 39.0 Å². The van der Waals surface area contributed by atoms with Gasteiger partial charge in [0.15, 0.2) is 0 Å². The molecule has 1 atom stereocenters. The second-order valence-electron chi connectivity index (χ2n) is 5.46. The molecule has 2 aromatic carbocycles. The molecule has 0 heterocycles. The minimum Gasteiger partial charge on any atom is -0.496 e. The molecule has 1 N–H and O–H groups in total. The fourth-order valence-corrected chi connectivity index (χ4v) is 2.75. The van der Waals surface area contributed by atoms with E-state index < -0.39 is 6.10 Å². The highest BCUT2D eigenvalue weighted by molar-refractivity contribution is 5.49. The van der Waals surface area contributed by atoms with Crippen LogP contribution >= 0.6 is 0 Å². The maximum Gasteiger partial charge on any atom is 0.125 e. The van der Waals surface area contributed by atoms with Crippen LogP contribution in [0.2, 0.25) is 0 Å². The molecule has 0 aliphatic rings. The summed E-state index contributed by atoms with van der Waals surface area (Å²) in [6, 6.07) is 10.2. The van der Waals surface area contributed by atoms with Crippen molar-refractivity contribution in [2.24, 2.45) is 0 Å². The summed E-state index contributed by atoms with van der Waals surface area (Å²) in [5.74, 6) is 0.745. The Kier molecular flexibility index (Phi) is 4.15. The molecule has 0 saturated heterocycles. The van der Waals surface area contributed by atoms with E-state index in [-0.39, 0.29) is 0 Å². The molecule has 2 aromatic rings. The molecule has 0 saturated carbocycles. The third-order valence-electron chi connectivity index (χ3n) is 3.71. The number of aliphatic hydroxyl groups excluding tert-OH is 1. The molecule has 0 radical (unpaired) electrons. The van der Waals surface area contributed by atoms with Crippen LogP contribution in [0, 0.1) is 27.7 Å². The van der Waals surface area contributed by atoms with Crippen LogP contribution in [0.4, 0.5) is 0 Å². The van der Waals surface area contributed by atoms with Gasteiger partial charge in [-0.15, -0.1) is 0 Å². The summed E-state index contributed by atoms with van der Waals surface area (Å²) in [5, 5.41) is 10.8. The minimum atomic E-state index is -0.661. The van der Waals surface area contributed by atoms with Crippen LogP contribution in [0.15, 0.2) is 30.3 Å². The number of aryl methyl sites for hydroxylation is 4. The van der Waals surface area contributed by atoms with Crippen molar-refractivity contribution in [1.82, 2.24) is 0 Å². The van der Waals surface area contributed by atoms with Gasteiger partial charge in [0.1, 0.15) is 11.9 Å². The Balaban J connectivity index is 2.55. The van der Waals surface area contributed by atoms with Crippen molar-refractivity contribution in [1.29, 1.82) is 0 Å². The number of ether oxygens (including phenoxy) is 1. The number of methoxy groups -OCH3 is 1. The zero-order valence-electron chi connectivity index (χ0n) is 12.8. The van der Waals surface area contributed by atoms with Gasteiger partial charge in [-0.3, -0.25) is 0 Å². The fraction of sp³-hybridized carbons (Fsp3) is 0.333. The van der Waals surface area contributed by atoms with Gasteiger partial charge >= 0.3 is 0 Å². The molecule has 0 bridgehead atoms. The highest BCUT2D eigenvalue weighted by atomic mass is 16.5. The first kappa shape index (κ1) is 14.6. The van der Waals surface area contributed by atoms with E-state index in [2.05, 4.69) is 19.1 Å². The minimum absolute atomic E-state index is 0.661. The maximum absolute atomic E-state index is 10.8. The number of rotatable bonds is 3. The summed E-state index contributed by atoms with van der Waals surface area (Å²) in [5.41, 5.74) is 6.27. The molecule has 2 heteroatoms. The molecule has 2 rings (SSSR count). The van der Waals surface area contributed by atoms with Gasteiger partial charge < -0.3 is 9.84 Å². The Hall–Kier alpha value is -1.80. The number of aliphatic hydroxyl groups is 1. The smallest absolute Gasteiger partial charge is 0.125 e. The summed E-state index contributed by atoms with van der Waals surface area (Å²) in [7, 11) is 1.65. The second kappa shape index (κ2) is 5.68. The average Bonchev–Trinajstić information content (AvgIpc) is 2.37. The van der Waals surface area contributed by atoms with E-state index in [0.29, 0.717) is 0 Å². The first-order valence-electron chi connectivity index (χ1n) is 6.84.